The van der Waals surface area contributed by atoms with E-state index >= 15 is 0 Å². The van der Waals surface area contributed by atoms with Gasteiger partial charge >= 0.3 is 5.97 Å². The number of benzene rings is 3. The molecule has 3 aromatic rings. The first-order chi connectivity index (χ1) is 13.7. The van der Waals surface area contributed by atoms with Crippen LogP contribution in [0.4, 0.5) is 0 Å². The smallest absolute Gasteiger partial charge is 0.337 e. The molecule has 144 valence electrons. The van der Waals surface area contributed by atoms with Crippen LogP contribution in [0.2, 0.25) is 0 Å². The molecule has 0 fully saturated rings. The molecule has 5 nitrogen and oxygen atoms in total. The van der Waals surface area contributed by atoms with Crippen molar-refractivity contribution in [1.29, 1.82) is 0 Å². The van der Waals surface area contributed by atoms with Crippen molar-refractivity contribution in [3.63, 3.8) is 0 Å². The topological polar surface area (TPSA) is 54.0 Å². The molecule has 0 amide bonds. The highest BCUT2D eigenvalue weighted by atomic mass is 16.5. The summed E-state index contributed by atoms with van der Waals surface area (Å²) in [7, 11) is 1.35. The summed E-state index contributed by atoms with van der Waals surface area (Å²) in [5.74, 6) is 1.72. The normalized spacial score (nSPS) is 10.2. The number of rotatable bonds is 9. The molecule has 0 spiro atoms. The highest BCUT2D eigenvalue weighted by Crippen LogP contribution is 2.19. The zero-order valence-corrected chi connectivity index (χ0v) is 15.7. The summed E-state index contributed by atoms with van der Waals surface area (Å²) in [4.78, 5) is 11.5. The fraction of sp³-hybridized carbons (Fsp3) is 0.174. The van der Waals surface area contributed by atoms with Crippen molar-refractivity contribution >= 4 is 5.97 Å². The number of esters is 1. The minimum Gasteiger partial charge on any atom is -0.490 e. The molecule has 5 heteroatoms. The van der Waals surface area contributed by atoms with Crippen LogP contribution in [0.1, 0.15) is 15.9 Å². The van der Waals surface area contributed by atoms with E-state index in [4.69, 9.17) is 18.9 Å². The van der Waals surface area contributed by atoms with Gasteiger partial charge in [-0.05, 0) is 48.0 Å². The first-order valence-electron chi connectivity index (χ1n) is 8.95. The lowest BCUT2D eigenvalue weighted by Gasteiger charge is -2.10. The highest BCUT2D eigenvalue weighted by Gasteiger charge is 2.06. The maximum absolute atomic E-state index is 11.5. The fourth-order valence-electron chi connectivity index (χ4n) is 2.52. The zero-order valence-electron chi connectivity index (χ0n) is 15.7. The van der Waals surface area contributed by atoms with Gasteiger partial charge in [0.15, 0.2) is 0 Å². The summed E-state index contributed by atoms with van der Waals surface area (Å²) >= 11 is 0. The van der Waals surface area contributed by atoms with Crippen LogP contribution in [0.5, 0.6) is 17.2 Å². The van der Waals surface area contributed by atoms with Crippen LogP contribution in [0.15, 0.2) is 78.9 Å². The summed E-state index contributed by atoms with van der Waals surface area (Å²) in [6.45, 7) is 1.27. The van der Waals surface area contributed by atoms with Crippen molar-refractivity contribution in [2.24, 2.45) is 0 Å². The summed E-state index contributed by atoms with van der Waals surface area (Å²) in [6.07, 6.45) is 0. The van der Waals surface area contributed by atoms with E-state index in [0.717, 1.165) is 17.1 Å². The van der Waals surface area contributed by atoms with Gasteiger partial charge < -0.3 is 18.9 Å². The van der Waals surface area contributed by atoms with E-state index in [2.05, 4.69) is 0 Å². The summed E-state index contributed by atoms with van der Waals surface area (Å²) in [6, 6.07) is 24.3. The van der Waals surface area contributed by atoms with E-state index in [0.29, 0.717) is 31.1 Å². The summed E-state index contributed by atoms with van der Waals surface area (Å²) in [5.41, 5.74) is 1.57. The van der Waals surface area contributed by atoms with Gasteiger partial charge in [0.25, 0.3) is 0 Å². The molecule has 3 aromatic carbocycles. The summed E-state index contributed by atoms with van der Waals surface area (Å²) < 4.78 is 21.7. The predicted octanol–water partition coefficient (Wildman–Crippen LogP) is 4.51. The average Bonchev–Trinajstić information content (AvgIpc) is 2.76. The molecular weight excluding hydrogens is 356 g/mol. The van der Waals surface area contributed by atoms with E-state index in [1.54, 1.807) is 24.3 Å². The fourth-order valence-corrected chi connectivity index (χ4v) is 2.52. The molecular formula is C23H22O5. The Bertz CT molecular complexity index is 875. The number of carbonyl (C=O) groups is 1. The van der Waals surface area contributed by atoms with Gasteiger partial charge in [0.05, 0.1) is 12.7 Å². The van der Waals surface area contributed by atoms with Crippen molar-refractivity contribution in [2.75, 3.05) is 20.3 Å². The second-order valence-electron chi connectivity index (χ2n) is 5.96. The first kappa shape index (κ1) is 19.3. The van der Waals surface area contributed by atoms with Crippen molar-refractivity contribution in [2.45, 2.75) is 6.61 Å². The monoisotopic (exact) mass is 378 g/mol. The van der Waals surface area contributed by atoms with Gasteiger partial charge in [-0.2, -0.15) is 0 Å². The van der Waals surface area contributed by atoms with E-state index in [-0.39, 0.29) is 0 Å². The number of methoxy groups -OCH3 is 1. The van der Waals surface area contributed by atoms with Crippen molar-refractivity contribution in [1.82, 2.24) is 0 Å². The third-order valence-corrected chi connectivity index (χ3v) is 3.95. The molecule has 0 aliphatic carbocycles. The third-order valence-electron chi connectivity index (χ3n) is 3.95. The molecule has 0 radical (unpaired) electrons. The average molecular weight is 378 g/mol. The van der Waals surface area contributed by atoms with Crippen LogP contribution in [0.25, 0.3) is 0 Å². The zero-order chi connectivity index (χ0) is 19.6. The number of carbonyl (C=O) groups excluding carboxylic acids is 1. The lowest BCUT2D eigenvalue weighted by Crippen LogP contribution is -2.09. The molecule has 0 unspecified atom stereocenters. The molecule has 0 heterocycles. The van der Waals surface area contributed by atoms with Crippen LogP contribution in [-0.2, 0) is 11.3 Å². The Kier molecular flexibility index (Phi) is 6.90. The lowest BCUT2D eigenvalue weighted by molar-refractivity contribution is 0.0600. The van der Waals surface area contributed by atoms with Gasteiger partial charge in [-0.15, -0.1) is 0 Å². The second kappa shape index (κ2) is 10.0. The van der Waals surface area contributed by atoms with Gasteiger partial charge in [-0.25, -0.2) is 4.79 Å². The molecule has 0 N–H and O–H groups in total. The van der Waals surface area contributed by atoms with E-state index in [1.807, 2.05) is 54.6 Å². The minimum absolute atomic E-state index is 0.358. The Morgan fingerprint density at radius 2 is 1.36 bits per heavy atom. The SMILES string of the molecule is COC(=O)c1cccc(OCCOc2ccc(OCc3ccccc3)cc2)c1. The molecule has 0 bridgehead atoms. The Labute approximate surface area is 164 Å². The number of ether oxygens (including phenoxy) is 4. The Hall–Kier alpha value is -3.47. The second-order valence-corrected chi connectivity index (χ2v) is 5.96. The molecule has 0 saturated carbocycles. The molecule has 28 heavy (non-hydrogen) atoms. The predicted molar refractivity (Wildman–Crippen MR) is 106 cm³/mol. The van der Waals surface area contributed by atoms with E-state index in [9.17, 15) is 4.79 Å². The van der Waals surface area contributed by atoms with Crippen molar-refractivity contribution < 1.29 is 23.7 Å². The molecule has 3 rings (SSSR count). The number of hydrogen-bond acceptors (Lipinski definition) is 5. The molecule has 0 atom stereocenters. The van der Waals surface area contributed by atoms with Gasteiger partial charge in [0.1, 0.15) is 37.1 Å². The Balaban J connectivity index is 1.41. The molecule has 0 aliphatic heterocycles. The highest BCUT2D eigenvalue weighted by molar-refractivity contribution is 5.89. The maximum Gasteiger partial charge on any atom is 0.337 e. The summed E-state index contributed by atoms with van der Waals surface area (Å²) in [5, 5.41) is 0. The third kappa shape index (κ3) is 5.77. The minimum atomic E-state index is -0.392. The van der Waals surface area contributed by atoms with Crippen LogP contribution < -0.4 is 14.2 Å². The van der Waals surface area contributed by atoms with Gasteiger partial charge in [0, 0.05) is 0 Å². The largest absolute Gasteiger partial charge is 0.490 e. The quantitative estimate of drug-likeness (QED) is 0.405. The van der Waals surface area contributed by atoms with Gasteiger partial charge in [0.2, 0.25) is 0 Å². The van der Waals surface area contributed by atoms with E-state index in [1.165, 1.54) is 7.11 Å². The van der Waals surface area contributed by atoms with Crippen LogP contribution in [0.3, 0.4) is 0 Å². The van der Waals surface area contributed by atoms with Crippen LogP contribution >= 0.6 is 0 Å². The molecule has 0 aliphatic rings. The Morgan fingerprint density at radius 1 is 0.714 bits per heavy atom. The van der Waals surface area contributed by atoms with Gasteiger partial charge in [-0.3, -0.25) is 0 Å². The van der Waals surface area contributed by atoms with Crippen molar-refractivity contribution in [3.05, 3.63) is 90.0 Å². The molecule has 0 aromatic heterocycles. The Morgan fingerprint density at radius 3 is 2.04 bits per heavy atom. The first-order valence-corrected chi connectivity index (χ1v) is 8.95. The lowest BCUT2D eigenvalue weighted by atomic mass is 10.2. The van der Waals surface area contributed by atoms with Crippen LogP contribution in [-0.4, -0.2) is 26.3 Å². The maximum atomic E-state index is 11.5. The van der Waals surface area contributed by atoms with Crippen molar-refractivity contribution in [3.8, 4) is 17.2 Å². The van der Waals surface area contributed by atoms with E-state index < -0.39 is 5.97 Å². The number of hydrogen-bond donors (Lipinski definition) is 0. The van der Waals surface area contributed by atoms with Gasteiger partial charge in [-0.1, -0.05) is 36.4 Å². The van der Waals surface area contributed by atoms with Crippen LogP contribution in [0, 0.1) is 0 Å². The molecule has 0 saturated heterocycles. The standard InChI is InChI=1S/C23H22O5/c1-25-23(24)19-8-5-9-22(16-19)27-15-14-26-20-10-12-21(13-11-20)28-17-18-6-3-2-4-7-18/h2-13,16H,14-15,17H2,1H3.